The molecule has 0 heterocycles. The van der Waals surface area contributed by atoms with Gasteiger partial charge in [-0.25, -0.2) is 4.39 Å². The lowest BCUT2D eigenvalue weighted by atomic mass is 9.96. The number of benzene rings is 1. The molecule has 0 unspecified atom stereocenters. The lowest BCUT2D eigenvalue weighted by molar-refractivity contribution is 0.416. The van der Waals surface area contributed by atoms with Gasteiger partial charge in [0.2, 0.25) is 0 Å². The highest BCUT2D eigenvalue weighted by Crippen LogP contribution is 2.39. The maximum absolute atomic E-state index is 13.2. The van der Waals surface area contributed by atoms with Crippen LogP contribution in [-0.2, 0) is 0 Å². The molecule has 84 valence electrons. The summed E-state index contributed by atoms with van der Waals surface area (Å²) >= 11 is 0. The van der Waals surface area contributed by atoms with Crippen molar-refractivity contribution in [3.63, 3.8) is 0 Å². The van der Waals surface area contributed by atoms with Crippen LogP contribution in [-0.4, -0.2) is 5.11 Å². The molecule has 0 spiro atoms. The lowest BCUT2D eigenvalue weighted by Gasteiger charge is -2.15. The number of halogens is 1. The zero-order chi connectivity index (χ0) is 11.7. The number of nitriles is 1. The van der Waals surface area contributed by atoms with Crippen molar-refractivity contribution >= 4 is 0 Å². The van der Waals surface area contributed by atoms with Crippen LogP contribution in [0.5, 0.6) is 5.75 Å². The van der Waals surface area contributed by atoms with E-state index in [1.165, 1.54) is 6.07 Å². The quantitative estimate of drug-likeness (QED) is 0.820. The van der Waals surface area contributed by atoms with Crippen molar-refractivity contribution in [3.8, 4) is 11.8 Å². The van der Waals surface area contributed by atoms with Crippen LogP contribution < -0.4 is 5.73 Å². The Morgan fingerprint density at radius 2 is 2.25 bits per heavy atom. The van der Waals surface area contributed by atoms with Gasteiger partial charge in [0.1, 0.15) is 0 Å². The summed E-state index contributed by atoms with van der Waals surface area (Å²) in [4.78, 5) is 0. The molecule has 0 aromatic heterocycles. The first-order chi connectivity index (χ1) is 7.63. The van der Waals surface area contributed by atoms with E-state index in [4.69, 9.17) is 11.0 Å². The van der Waals surface area contributed by atoms with E-state index in [-0.39, 0.29) is 11.1 Å². The van der Waals surface area contributed by atoms with E-state index in [0.717, 1.165) is 18.9 Å². The molecular weight excluding hydrogens is 207 g/mol. The normalized spacial score (nSPS) is 16.8. The SMILES string of the molecule is N#Cc1ccc(F)c(O)c1[C@H](N)CC1CC1. The molecular formula is C12H13FN2O. The minimum absolute atomic E-state index is 0.245. The second-order valence-electron chi connectivity index (χ2n) is 4.25. The Bertz CT molecular complexity index is 449. The largest absolute Gasteiger partial charge is 0.505 e. The predicted molar refractivity (Wildman–Crippen MR) is 57.0 cm³/mol. The fraction of sp³-hybridized carbons (Fsp3) is 0.417. The van der Waals surface area contributed by atoms with E-state index in [2.05, 4.69) is 0 Å². The van der Waals surface area contributed by atoms with Gasteiger partial charge >= 0.3 is 0 Å². The molecule has 0 amide bonds. The summed E-state index contributed by atoms with van der Waals surface area (Å²) in [5.41, 5.74) is 6.41. The Labute approximate surface area is 93.3 Å². The predicted octanol–water partition coefficient (Wildman–Crippen LogP) is 2.20. The second kappa shape index (κ2) is 4.11. The van der Waals surface area contributed by atoms with Gasteiger partial charge in [0, 0.05) is 11.6 Å². The average molecular weight is 220 g/mol. The third-order valence-electron chi connectivity index (χ3n) is 2.94. The molecule has 0 saturated heterocycles. The number of hydrogen-bond acceptors (Lipinski definition) is 3. The van der Waals surface area contributed by atoms with E-state index in [9.17, 15) is 9.50 Å². The van der Waals surface area contributed by atoms with E-state index in [1.807, 2.05) is 6.07 Å². The second-order valence-corrected chi connectivity index (χ2v) is 4.25. The molecule has 1 aromatic carbocycles. The third-order valence-corrected chi connectivity index (χ3v) is 2.94. The topological polar surface area (TPSA) is 70.0 Å². The highest BCUT2D eigenvalue weighted by atomic mass is 19.1. The molecule has 1 aliphatic carbocycles. The number of phenols is 1. The van der Waals surface area contributed by atoms with Gasteiger partial charge in [-0.05, 0) is 24.5 Å². The standard InChI is InChI=1S/C12H13FN2O/c13-9-4-3-8(6-14)11(12(9)16)10(15)5-7-1-2-7/h3-4,7,10,16H,1-2,5,15H2/t10-/m1/s1. The number of hydrogen-bond donors (Lipinski definition) is 2. The first kappa shape index (κ1) is 10.9. The highest BCUT2D eigenvalue weighted by molar-refractivity contribution is 5.48. The van der Waals surface area contributed by atoms with E-state index < -0.39 is 17.6 Å². The Balaban J connectivity index is 2.35. The summed E-state index contributed by atoms with van der Waals surface area (Å²) in [5.74, 6) is -0.642. The molecule has 1 fully saturated rings. The molecule has 16 heavy (non-hydrogen) atoms. The molecule has 1 atom stereocenters. The number of nitrogens with two attached hydrogens (primary N) is 1. The van der Waals surface area contributed by atoms with Gasteiger partial charge in [0.25, 0.3) is 0 Å². The van der Waals surface area contributed by atoms with Crippen molar-refractivity contribution in [3.05, 3.63) is 29.1 Å². The Morgan fingerprint density at radius 3 is 2.81 bits per heavy atom. The van der Waals surface area contributed by atoms with Crippen LogP contribution in [0.1, 0.15) is 36.4 Å². The maximum Gasteiger partial charge on any atom is 0.165 e. The van der Waals surface area contributed by atoms with Crippen molar-refractivity contribution in [1.29, 1.82) is 5.26 Å². The average Bonchev–Trinajstić information content (AvgIpc) is 3.05. The zero-order valence-electron chi connectivity index (χ0n) is 8.78. The Morgan fingerprint density at radius 1 is 1.56 bits per heavy atom. The van der Waals surface area contributed by atoms with E-state index >= 15 is 0 Å². The van der Waals surface area contributed by atoms with Crippen LogP contribution in [0.2, 0.25) is 0 Å². The van der Waals surface area contributed by atoms with Gasteiger partial charge in [-0.1, -0.05) is 12.8 Å². The number of nitrogens with zero attached hydrogens (tertiary/aromatic N) is 1. The minimum atomic E-state index is -0.722. The monoisotopic (exact) mass is 220 g/mol. The highest BCUT2D eigenvalue weighted by Gasteiger charge is 2.27. The summed E-state index contributed by atoms with van der Waals surface area (Å²) in [6.45, 7) is 0. The van der Waals surface area contributed by atoms with Gasteiger partial charge in [0.05, 0.1) is 11.6 Å². The number of phenolic OH excluding ortho intramolecular Hbond substituents is 1. The molecule has 4 heteroatoms. The molecule has 0 aliphatic heterocycles. The summed E-state index contributed by atoms with van der Waals surface area (Å²) in [6, 6.07) is 3.91. The van der Waals surface area contributed by atoms with E-state index in [0.29, 0.717) is 12.3 Å². The van der Waals surface area contributed by atoms with Crippen LogP contribution in [0.25, 0.3) is 0 Å². The third kappa shape index (κ3) is 2.00. The smallest absolute Gasteiger partial charge is 0.165 e. The fourth-order valence-electron chi connectivity index (χ4n) is 1.88. The lowest BCUT2D eigenvalue weighted by Crippen LogP contribution is -2.13. The van der Waals surface area contributed by atoms with Crippen LogP contribution in [0, 0.1) is 23.1 Å². The van der Waals surface area contributed by atoms with Crippen LogP contribution in [0.4, 0.5) is 4.39 Å². The van der Waals surface area contributed by atoms with Crippen molar-refractivity contribution in [1.82, 2.24) is 0 Å². The first-order valence-electron chi connectivity index (χ1n) is 5.30. The van der Waals surface area contributed by atoms with Gasteiger partial charge in [-0.3, -0.25) is 0 Å². The molecule has 1 saturated carbocycles. The van der Waals surface area contributed by atoms with Gasteiger partial charge in [-0.15, -0.1) is 0 Å². The minimum Gasteiger partial charge on any atom is -0.505 e. The van der Waals surface area contributed by atoms with Crippen molar-refractivity contribution in [2.24, 2.45) is 11.7 Å². The first-order valence-corrected chi connectivity index (χ1v) is 5.30. The number of aromatic hydroxyl groups is 1. The summed E-state index contributed by atoms with van der Waals surface area (Å²) in [5, 5.41) is 18.5. The van der Waals surface area contributed by atoms with Crippen molar-refractivity contribution < 1.29 is 9.50 Å². The molecule has 3 N–H and O–H groups in total. The molecule has 0 radical (unpaired) electrons. The van der Waals surface area contributed by atoms with Crippen LogP contribution >= 0.6 is 0 Å². The van der Waals surface area contributed by atoms with Crippen LogP contribution in [0.3, 0.4) is 0 Å². The Kier molecular flexibility index (Phi) is 2.80. The Hall–Kier alpha value is -1.60. The van der Waals surface area contributed by atoms with Gasteiger partial charge < -0.3 is 10.8 Å². The number of rotatable bonds is 3. The fourth-order valence-corrected chi connectivity index (χ4v) is 1.88. The summed E-state index contributed by atoms with van der Waals surface area (Å²) in [6.07, 6.45) is 2.96. The molecule has 3 nitrogen and oxygen atoms in total. The molecule has 1 aliphatic rings. The molecule has 0 bridgehead atoms. The van der Waals surface area contributed by atoms with Gasteiger partial charge in [-0.2, -0.15) is 5.26 Å². The maximum atomic E-state index is 13.2. The van der Waals surface area contributed by atoms with Crippen LogP contribution in [0.15, 0.2) is 12.1 Å². The zero-order valence-corrected chi connectivity index (χ0v) is 8.78. The van der Waals surface area contributed by atoms with E-state index in [1.54, 1.807) is 0 Å². The summed E-state index contributed by atoms with van der Waals surface area (Å²) in [7, 11) is 0. The summed E-state index contributed by atoms with van der Waals surface area (Å²) < 4.78 is 13.2. The molecule has 1 aromatic rings. The van der Waals surface area contributed by atoms with Crippen molar-refractivity contribution in [2.75, 3.05) is 0 Å². The van der Waals surface area contributed by atoms with Crippen molar-refractivity contribution in [2.45, 2.75) is 25.3 Å². The van der Waals surface area contributed by atoms with Gasteiger partial charge in [0.15, 0.2) is 11.6 Å². The molecule has 2 rings (SSSR count).